The molecule has 0 saturated carbocycles. The zero-order valence-electron chi connectivity index (χ0n) is 6.30. The fourth-order valence-electron chi connectivity index (χ4n) is 0.942. The van der Waals surface area contributed by atoms with Gasteiger partial charge in [0.1, 0.15) is 0 Å². The molecule has 0 aromatic carbocycles. The van der Waals surface area contributed by atoms with Crippen LogP contribution in [0.5, 0.6) is 0 Å². The third-order valence-corrected chi connectivity index (χ3v) is 2.33. The Labute approximate surface area is 66.2 Å². The number of morpholine rings is 1. The maximum absolute atomic E-state index is 5.20. The fraction of sp³-hybridized carbons (Fsp3) is 0.714. The van der Waals surface area contributed by atoms with Gasteiger partial charge in [0.15, 0.2) is 0 Å². The van der Waals surface area contributed by atoms with E-state index in [1.807, 2.05) is 0 Å². The predicted molar refractivity (Wildman–Crippen MR) is 45.0 cm³/mol. The third-order valence-electron chi connectivity index (χ3n) is 1.60. The van der Waals surface area contributed by atoms with Crippen LogP contribution >= 0.6 is 11.8 Å². The predicted octanol–water partition coefficient (Wildman–Crippen LogP) is 1.15. The maximum atomic E-state index is 5.20. The minimum Gasteiger partial charge on any atom is -0.378 e. The SMILES string of the molecule is C=C(SC)N1CCOCC1. The maximum Gasteiger partial charge on any atom is 0.0642 e. The highest BCUT2D eigenvalue weighted by molar-refractivity contribution is 8.02. The van der Waals surface area contributed by atoms with Crippen LogP contribution in [-0.4, -0.2) is 37.5 Å². The van der Waals surface area contributed by atoms with E-state index in [1.165, 1.54) is 0 Å². The molecule has 0 unspecified atom stereocenters. The molecule has 1 aliphatic rings. The van der Waals surface area contributed by atoms with Gasteiger partial charge in [-0.25, -0.2) is 0 Å². The molecule has 0 N–H and O–H groups in total. The second-order valence-corrected chi connectivity index (χ2v) is 3.08. The highest BCUT2D eigenvalue weighted by Crippen LogP contribution is 2.15. The molecule has 1 fully saturated rings. The van der Waals surface area contributed by atoms with Crippen molar-refractivity contribution in [2.75, 3.05) is 32.6 Å². The number of thioether (sulfide) groups is 1. The van der Waals surface area contributed by atoms with Crippen molar-refractivity contribution in [1.29, 1.82) is 0 Å². The van der Waals surface area contributed by atoms with E-state index in [-0.39, 0.29) is 0 Å². The molecule has 0 amide bonds. The van der Waals surface area contributed by atoms with Gasteiger partial charge in [-0.15, -0.1) is 11.8 Å². The van der Waals surface area contributed by atoms with Crippen molar-refractivity contribution >= 4 is 11.8 Å². The van der Waals surface area contributed by atoms with Gasteiger partial charge in [0.05, 0.1) is 18.2 Å². The summed E-state index contributed by atoms with van der Waals surface area (Å²) in [6.07, 6.45) is 2.05. The highest BCUT2D eigenvalue weighted by Gasteiger charge is 2.10. The van der Waals surface area contributed by atoms with Crippen molar-refractivity contribution in [3.63, 3.8) is 0 Å². The van der Waals surface area contributed by atoms with E-state index in [2.05, 4.69) is 17.7 Å². The lowest BCUT2D eigenvalue weighted by Gasteiger charge is -2.29. The van der Waals surface area contributed by atoms with Crippen molar-refractivity contribution in [3.05, 3.63) is 11.6 Å². The van der Waals surface area contributed by atoms with E-state index in [4.69, 9.17) is 4.74 Å². The molecule has 0 aliphatic carbocycles. The quantitative estimate of drug-likeness (QED) is 0.600. The Morgan fingerprint density at radius 3 is 2.60 bits per heavy atom. The van der Waals surface area contributed by atoms with Crippen LogP contribution in [-0.2, 0) is 4.74 Å². The van der Waals surface area contributed by atoms with Gasteiger partial charge in [0, 0.05) is 13.1 Å². The van der Waals surface area contributed by atoms with Gasteiger partial charge in [-0.3, -0.25) is 0 Å². The molecular weight excluding hydrogens is 146 g/mol. The lowest BCUT2D eigenvalue weighted by Crippen LogP contribution is -2.34. The zero-order chi connectivity index (χ0) is 7.40. The van der Waals surface area contributed by atoms with Crippen molar-refractivity contribution in [2.45, 2.75) is 0 Å². The Bertz CT molecular complexity index is 121. The molecule has 1 aliphatic heterocycles. The number of hydrogen-bond acceptors (Lipinski definition) is 3. The standard InChI is InChI=1S/C7H13NOS/c1-7(10-2)8-3-5-9-6-4-8/h1,3-6H2,2H3. The molecule has 1 rings (SSSR count). The molecule has 1 saturated heterocycles. The van der Waals surface area contributed by atoms with Gasteiger partial charge in [0.25, 0.3) is 0 Å². The normalized spacial score (nSPS) is 19.1. The summed E-state index contributed by atoms with van der Waals surface area (Å²) in [6, 6.07) is 0. The lowest BCUT2D eigenvalue weighted by molar-refractivity contribution is 0.0578. The molecule has 0 spiro atoms. The summed E-state index contributed by atoms with van der Waals surface area (Å²) in [5, 5.41) is 1.16. The van der Waals surface area contributed by atoms with E-state index in [1.54, 1.807) is 11.8 Å². The number of hydrogen-bond donors (Lipinski definition) is 0. The van der Waals surface area contributed by atoms with Crippen LogP contribution in [0.2, 0.25) is 0 Å². The number of rotatable bonds is 2. The van der Waals surface area contributed by atoms with E-state index >= 15 is 0 Å². The zero-order valence-corrected chi connectivity index (χ0v) is 7.12. The molecule has 0 radical (unpaired) electrons. The molecular formula is C7H13NOS. The van der Waals surface area contributed by atoms with Crippen molar-refractivity contribution in [2.24, 2.45) is 0 Å². The minimum atomic E-state index is 0.847. The summed E-state index contributed by atoms with van der Waals surface area (Å²) in [6.45, 7) is 7.62. The Morgan fingerprint density at radius 2 is 2.10 bits per heavy atom. The van der Waals surface area contributed by atoms with Crippen LogP contribution in [0, 0.1) is 0 Å². The smallest absolute Gasteiger partial charge is 0.0642 e. The largest absolute Gasteiger partial charge is 0.378 e. The molecule has 0 atom stereocenters. The van der Waals surface area contributed by atoms with Crippen molar-refractivity contribution in [3.8, 4) is 0 Å². The summed E-state index contributed by atoms with van der Waals surface area (Å²) in [7, 11) is 0. The van der Waals surface area contributed by atoms with Crippen LogP contribution < -0.4 is 0 Å². The van der Waals surface area contributed by atoms with Gasteiger partial charge in [-0.2, -0.15) is 0 Å². The monoisotopic (exact) mass is 159 g/mol. The minimum absolute atomic E-state index is 0.847. The molecule has 10 heavy (non-hydrogen) atoms. The van der Waals surface area contributed by atoms with Crippen LogP contribution in [0.15, 0.2) is 11.6 Å². The first kappa shape index (κ1) is 7.95. The second-order valence-electron chi connectivity index (χ2n) is 2.20. The first-order chi connectivity index (χ1) is 4.84. The van der Waals surface area contributed by atoms with E-state index in [0.717, 1.165) is 31.3 Å². The summed E-state index contributed by atoms with van der Waals surface area (Å²) in [4.78, 5) is 2.26. The fourth-order valence-corrected chi connectivity index (χ4v) is 1.38. The van der Waals surface area contributed by atoms with Crippen LogP contribution in [0.25, 0.3) is 0 Å². The number of nitrogens with zero attached hydrogens (tertiary/aromatic N) is 1. The van der Waals surface area contributed by atoms with Crippen LogP contribution in [0.3, 0.4) is 0 Å². The molecule has 0 aromatic heterocycles. The first-order valence-corrected chi connectivity index (χ1v) is 4.62. The average molecular weight is 159 g/mol. The highest BCUT2D eigenvalue weighted by atomic mass is 32.2. The van der Waals surface area contributed by atoms with E-state index < -0.39 is 0 Å². The van der Waals surface area contributed by atoms with Gasteiger partial charge >= 0.3 is 0 Å². The van der Waals surface area contributed by atoms with Crippen molar-refractivity contribution in [1.82, 2.24) is 4.90 Å². The van der Waals surface area contributed by atoms with Gasteiger partial charge in [0.2, 0.25) is 0 Å². The Balaban J connectivity index is 2.31. The second kappa shape index (κ2) is 3.88. The summed E-state index contributed by atoms with van der Waals surface area (Å²) >= 11 is 1.71. The molecule has 0 bridgehead atoms. The van der Waals surface area contributed by atoms with Gasteiger partial charge in [-0.1, -0.05) is 6.58 Å². The summed E-state index contributed by atoms with van der Waals surface area (Å²) in [5.74, 6) is 0. The molecule has 0 aromatic rings. The Morgan fingerprint density at radius 1 is 1.50 bits per heavy atom. The summed E-state index contributed by atoms with van der Waals surface area (Å²) < 4.78 is 5.20. The molecule has 2 nitrogen and oxygen atoms in total. The Hall–Kier alpha value is -0.150. The molecule has 58 valence electrons. The first-order valence-electron chi connectivity index (χ1n) is 3.40. The lowest BCUT2D eigenvalue weighted by atomic mass is 10.4. The van der Waals surface area contributed by atoms with Crippen LogP contribution in [0.4, 0.5) is 0 Å². The number of ether oxygens (including phenoxy) is 1. The average Bonchev–Trinajstić information content (AvgIpc) is 2.05. The Kier molecular flexibility index (Phi) is 3.09. The van der Waals surface area contributed by atoms with Crippen LogP contribution in [0.1, 0.15) is 0 Å². The van der Waals surface area contributed by atoms with E-state index in [9.17, 15) is 0 Å². The molecule has 3 heteroatoms. The van der Waals surface area contributed by atoms with Crippen molar-refractivity contribution < 1.29 is 4.74 Å². The topological polar surface area (TPSA) is 12.5 Å². The van der Waals surface area contributed by atoms with E-state index in [0.29, 0.717) is 0 Å². The van der Waals surface area contributed by atoms with Gasteiger partial charge in [-0.05, 0) is 6.26 Å². The van der Waals surface area contributed by atoms with Gasteiger partial charge < -0.3 is 9.64 Å². The summed E-state index contributed by atoms with van der Waals surface area (Å²) in [5.41, 5.74) is 0. The molecule has 1 heterocycles. The third kappa shape index (κ3) is 1.92.